The molecule has 3 amide bonds. The predicted molar refractivity (Wildman–Crippen MR) is 124 cm³/mol. The number of aliphatic hydroxyl groups is 1. The molecular formula is C24H29N3O4S. The molecule has 1 fully saturated rings. The number of nitrogens with one attached hydrogen (secondary N) is 1. The molecule has 0 aliphatic carbocycles. The fraction of sp³-hybridized carbons (Fsp3) is 0.458. The zero-order valence-corrected chi connectivity index (χ0v) is 19.2. The Morgan fingerprint density at radius 3 is 2.75 bits per heavy atom. The van der Waals surface area contributed by atoms with Gasteiger partial charge in [-0.15, -0.1) is 0 Å². The van der Waals surface area contributed by atoms with Gasteiger partial charge in [0.2, 0.25) is 17.7 Å². The van der Waals surface area contributed by atoms with E-state index in [0.717, 1.165) is 17.5 Å². The summed E-state index contributed by atoms with van der Waals surface area (Å²) in [6.45, 7) is 4.46. The second-order valence-corrected chi connectivity index (χ2v) is 9.66. The van der Waals surface area contributed by atoms with Crippen molar-refractivity contribution >= 4 is 40.4 Å². The molecule has 1 saturated heterocycles. The maximum atomic E-state index is 13.6. The molecule has 0 bridgehead atoms. The monoisotopic (exact) mass is 455 g/mol. The molecule has 4 rings (SSSR count). The van der Waals surface area contributed by atoms with Crippen LogP contribution in [0.1, 0.15) is 50.7 Å². The Morgan fingerprint density at radius 2 is 2.09 bits per heavy atom. The van der Waals surface area contributed by atoms with E-state index in [0.29, 0.717) is 43.1 Å². The zero-order chi connectivity index (χ0) is 22.8. The third-order valence-corrected chi connectivity index (χ3v) is 6.74. The largest absolute Gasteiger partial charge is 0.373 e. The summed E-state index contributed by atoms with van der Waals surface area (Å²) in [5, 5.41) is 17.3. The number of benzene rings is 1. The number of hydrogen-bond acceptors (Lipinski definition) is 5. The number of rotatable bonds is 7. The van der Waals surface area contributed by atoms with Crippen molar-refractivity contribution in [1.29, 1.82) is 0 Å². The van der Waals surface area contributed by atoms with Crippen LogP contribution in [0, 0.1) is 5.92 Å². The van der Waals surface area contributed by atoms with Gasteiger partial charge in [-0.05, 0) is 46.4 Å². The van der Waals surface area contributed by atoms with Gasteiger partial charge in [0.25, 0.3) is 0 Å². The van der Waals surface area contributed by atoms with Gasteiger partial charge >= 0.3 is 0 Å². The lowest BCUT2D eigenvalue weighted by Gasteiger charge is -2.37. The lowest BCUT2D eigenvalue weighted by atomic mass is 9.94. The van der Waals surface area contributed by atoms with Crippen molar-refractivity contribution in [2.24, 2.45) is 5.92 Å². The molecule has 170 valence electrons. The summed E-state index contributed by atoms with van der Waals surface area (Å²) in [5.74, 6) is -0.0731. The van der Waals surface area contributed by atoms with E-state index in [-0.39, 0.29) is 24.1 Å². The quantitative estimate of drug-likeness (QED) is 0.671. The minimum absolute atomic E-state index is 0.128. The smallest absolute Gasteiger partial charge is 0.250 e. The summed E-state index contributed by atoms with van der Waals surface area (Å²) >= 11 is 1.55. The average Bonchev–Trinajstić information content (AvgIpc) is 3.38. The highest BCUT2D eigenvalue weighted by molar-refractivity contribution is 7.07. The van der Waals surface area contributed by atoms with Crippen molar-refractivity contribution in [3.63, 3.8) is 0 Å². The van der Waals surface area contributed by atoms with Crippen molar-refractivity contribution in [3.05, 3.63) is 46.2 Å². The van der Waals surface area contributed by atoms with Crippen LogP contribution in [-0.2, 0) is 27.3 Å². The molecule has 1 aromatic carbocycles. The normalized spacial score (nSPS) is 20.8. The van der Waals surface area contributed by atoms with Crippen LogP contribution in [0.3, 0.4) is 0 Å². The van der Waals surface area contributed by atoms with Crippen molar-refractivity contribution in [2.45, 2.75) is 64.8 Å². The number of amides is 3. The molecule has 2 N–H and O–H groups in total. The molecule has 7 nitrogen and oxygen atoms in total. The summed E-state index contributed by atoms with van der Waals surface area (Å²) in [6.07, 6.45) is 1.25. The molecule has 3 heterocycles. The van der Waals surface area contributed by atoms with Gasteiger partial charge in [-0.3, -0.25) is 19.3 Å². The molecule has 0 radical (unpaired) electrons. The number of para-hydroxylation sites is 1. The number of thiophene rings is 1. The van der Waals surface area contributed by atoms with Gasteiger partial charge in [0.1, 0.15) is 12.3 Å². The number of nitrogens with zero attached hydrogens (tertiary/aromatic N) is 2. The van der Waals surface area contributed by atoms with E-state index in [2.05, 4.69) is 19.2 Å². The third kappa shape index (κ3) is 4.56. The minimum atomic E-state index is -0.902. The number of carbonyl (C=O) groups excluding carboxylic acids is 3. The van der Waals surface area contributed by atoms with E-state index in [1.165, 1.54) is 4.90 Å². The molecule has 1 aromatic heterocycles. The van der Waals surface area contributed by atoms with Gasteiger partial charge in [0, 0.05) is 25.7 Å². The van der Waals surface area contributed by atoms with Crippen LogP contribution in [0.2, 0.25) is 0 Å². The number of hydrogen-bond donors (Lipinski definition) is 2. The molecule has 2 aromatic rings. The Morgan fingerprint density at radius 1 is 1.28 bits per heavy atom. The van der Waals surface area contributed by atoms with E-state index in [1.54, 1.807) is 22.3 Å². The van der Waals surface area contributed by atoms with Gasteiger partial charge in [0.05, 0.1) is 17.9 Å². The first-order valence-electron chi connectivity index (χ1n) is 11.1. The highest BCUT2D eigenvalue weighted by Crippen LogP contribution is 2.41. The van der Waals surface area contributed by atoms with Crippen LogP contribution >= 0.6 is 11.3 Å². The van der Waals surface area contributed by atoms with Crippen molar-refractivity contribution < 1.29 is 19.5 Å². The van der Waals surface area contributed by atoms with E-state index in [1.807, 2.05) is 29.0 Å². The molecule has 2 unspecified atom stereocenters. The van der Waals surface area contributed by atoms with Gasteiger partial charge in [-0.1, -0.05) is 26.0 Å². The summed E-state index contributed by atoms with van der Waals surface area (Å²) in [5.41, 5.74) is 3.04. The summed E-state index contributed by atoms with van der Waals surface area (Å²) in [6, 6.07) is 6.84. The number of carbonyl (C=O) groups is 3. The number of fused-ring (bicyclic) bond motifs is 1. The number of aliphatic hydroxyl groups excluding tert-OH is 1. The van der Waals surface area contributed by atoms with Gasteiger partial charge in [-0.25, -0.2) is 0 Å². The molecule has 0 spiro atoms. The van der Waals surface area contributed by atoms with E-state index < -0.39 is 12.3 Å². The molecule has 32 heavy (non-hydrogen) atoms. The van der Waals surface area contributed by atoms with E-state index in [9.17, 15) is 19.5 Å². The van der Waals surface area contributed by atoms with Crippen molar-refractivity contribution in [1.82, 2.24) is 5.32 Å². The Hall–Kier alpha value is -2.71. The second kappa shape index (κ2) is 9.42. The first-order valence-corrected chi connectivity index (χ1v) is 12.0. The fourth-order valence-corrected chi connectivity index (χ4v) is 5.00. The van der Waals surface area contributed by atoms with Crippen molar-refractivity contribution in [3.8, 4) is 0 Å². The molecule has 0 saturated carbocycles. The Bertz CT molecular complexity index is 1000. The lowest BCUT2D eigenvalue weighted by Crippen LogP contribution is -2.53. The summed E-state index contributed by atoms with van der Waals surface area (Å²) in [7, 11) is 0. The van der Waals surface area contributed by atoms with Crippen molar-refractivity contribution in [2.75, 3.05) is 9.80 Å². The standard InChI is InChI=1S/C24H29N3O4S/c1-15(2)6-7-20(28)25-18-12-17-4-3-5-19(27-21(29)8-9-22(27)30)23(17)26(24(18)31)13-16-10-11-32-14-16/h3-5,10-11,14-15,18,21,29H,6-9,12-13H2,1-2H3,(H,25,28). The average molecular weight is 456 g/mol. The van der Waals surface area contributed by atoms with Crippen LogP contribution in [0.25, 0.3) is 0 Å². The SMILES string of the molecule is CC(C)CCC(=O)NC1Cc2cccc(N3C(=O)CCC3O)c2N(Cc2ccsc2)C1=O. The van der Waals surface area contributed by atoms with E-state index >= 15 is 0 Å². The highest BCUT2D eigenvalue weighted by atomic mass is 32.1. The summed E-state index contributed by atoms with van der Waals surface area (Å²) < 4.78 is 0. The minimum Gasteiger partial charge on any atom is -0.373 e. The third-order valence-electron chi connectivity index (χ3n) is 6.00. The first kappa shape index (κ1) is 22.5. The maximum absolute atomic E-state index is 13.6. The van der Waals surface area contributed by atoms with Crippen LogP contribution in [0.15, 0.2) is 35.0 Å². The molecule has 2 aliphatic heterocycles. The summed E-state index contributed by atoms with van der Waals surface area (Å²) in [4.78, 5) is 41.6. The van der Waals surface area contributed by atoms with Crippen LogP contribution in [0.5, 0.6) is 0 Å². The Labute approximate surface area is 192 Å². The zero-order valence-electron chi connectivity index (χ0n) is 18.4. The molecule has 2 atom stereocenters. The topological polar surface area (TPSA) is 89.9 Å². The van der Waals surface area contributed by atoms with Gasteiger partial charge in [-0.2, -0.15) is 11.3 Å². The molecule has 8 heteroatoms. The Balaban J connectivity index is 1.69. The van der Waals surface area contributed by atoms with Gasteiger partial charge in [0.15, 0.2) is 0 Å². The molecular weight excluding hydrogens is 426 g/mol. The van der Waals surface area contributed by atoms with Gasteiger partial charge < -0.3 is 15.3 Å². The molecule has 2 aliphatic rings. The van der Waals surface area contributed by atoms with Crippen LogP contribution in [-0.4, -0.2) is 35.1 Å². The highest BCUT2D eigenvalue weighted by Gasteiger charge is 2.39. The lowest BCUT2D eigenvalue weighted by molar-refractivity contribution is -0.128. The number of anilines is 2. The van der Waals surface area contributed by atoms with Crippen LogP contribution in [0.4, 0.5) is 11.4 Å². The second-order valence-electron chi connectivity index (χ2n) is 8.88. The predicted octanol–water partition coefficient (Wildman–Crippen LogP) is 3.20. The first-order chi connectivity index (χ1) is 15.3. The maximum Gasteiger partial charge on any atom is 0.250 e. The van der Waals surface area contributed by atoms with E-state index in [4.69, 9.17) is 0 Å². The Kier molecular flexibility index (Phi) is 6.62. The van der Waals surface area contributed by atoms with Crippen LogP contribution < -0.4 is 15.1 Å². The fourth-order valence-electron chi connectivity index (χ4n) is 4.34.